The second-order valence-corrected chi connectivity index (χ2v) is 4.23. The Kier molecular flexibility index (Phi) is 6.02. The highest BCUT2D eigenvalue weighted by molar-refractivity contribution is 5.81. The van der Waals surface area contributed by atoms with Gasteiger partial charge in [-0.3, -0.25) is 9.59 Å². The van der Waals surface area contributed by atoms with Crippen LogP contribution in [0.3, 0.4) is 0 Å². The van der Waals surface area contributed by atoms with E-state index in [-0.39, 0.29) is 17.9 Å². The van der Waals surface area contributed by atoms with Gasteiger partial charge >= 0.3 is 5.97 Å². The number of likely N-dealkylation sites (N-methyl/N-ethyl adjacent to an activating group) is 1. The standard InChI is InChI=1S/C14H20N2O3/c1-10(13(17)15-2)16-9-12(14(18)19-3)11-7-5-4-6-8-11/h4-8,10,12,16H,9H2,1-3H3,(H,15,17). The van der Waals surface area contributed by atoms with E-state index < -0.39 is 5.92 Å². The second kappa shape index (κ2) is 7.53. The molecule has 0 bridgehead atoms. The van der Waals surface area contributed by atoms with Gasteiger partial charge in [0.15, 0.2) is 0 Å². The molecule has 1 aromatic rings. The van der Waals surface area contributed by atoms with Crippen molar-refractivity contribution in [2.75, 3.05) is 20.7 Å². The molecule has 1 aromatic carbocycles. The molecule has 0 aliphatic carbocycles. The minimum atomic E-state index is -0.418. The third-order valence-corrected chi connectivity index (χ3v) is 2.96. The van der Waals surface area contributed by atoms with Crippen LogP contribution in [0.5, 0.6) is 0 Å². The highest BCUT2D eigenvalue weighted by Gasteiger charge is 2.22. The van der Waals surface area contributed by atoms with Gasteiger partial charge in [-0.2, -0.15) is 0 Å². The summed E-state index contributed by atoms with van der Waals surface area (Å²) in [7, 11) is 2.94. The zero-order valence-electron chi connectivity index (χ0n) is 11.5. The number of hydrogen-bond acceptors (Lipinski definition) is 4. The summed E-state index contributed by atoms with van der Waals surface area (Å²) in [4.78, 5) is 23.2. The van der Waals surface area contributed by atoms with Crippen LogP contribution in [0.2, 0.25) is 0 Å². The predicted octanol–water partition coefficient (Wildman–Crippen LogP) is 0.667. The van der Waals surface area contributed by atoms with Crippen molar-refractivity contribution in [1.82, 2.24) is 10.6 Å². The van der Waals surface area contributed by atoms with Crippen LogP contribution in [0, 0.1) is 0 Å². The Morgan fingerprint density at radius 1 is 1.26 bits per heavy atom. The van der Waals surface area contributed by atoms with Crippen molar-refractivity contribution in [1.29, 1.82) is 0 Å². The van der Waals surface area contributed by atoms with E-state index in [0.717, 1.165) is 5.56 Å². The van der Waals surface area contributed by atoms with Gasteiger partial charge in [0.2, 0.25) is 5.91 Å². The van der Waals surface area contributed by atoms with Gasteiger partial charge in [-0.15, -0.1) is 0 Å². The number of carbonyl (C=O) groups excluding carboxylic acids is 2. The first-order valence-corrected chi connectivity index (χ1v) is 6.18. The Morgan fingerprint density at radius 3 is 2.42 bits per heavy atom. The molecule has 1 amide bonds. The van der Waals surface area contributed by atoms with Crippen LogP contribution in [0.4, 0.5) is 0 Å². The number of amides is 1. The average Bonchev–Trinajstić information content (AvgIpc) is 2.47. The molecule has 2 N–H and O–H groups in total. The van der Waals surface area contributed by atoms with Gasteiger partial charge in [-0.1, -0.05) is 30.3 Å². The summed E-state index contributed by atoms with van der Waals surface area (Å²) in [6.07, 6.45) is 0. The summed E-state index contributed by atoms with van der Waals surface area (Å²) in [6, 6.07) is 9.00. The largest absolute Gasteiger partial charge is 0.469 e. The number of hydrogen-bond donors (Lipinski definition) is 2. The predicted molar refractivity (Wildman–Crippen MR) is 72.7 cm³/mol. The van der Waals surface area contributed by atoms with Gasteiger partial charge in [-0.05, 0) is 12.5 Å². The summed E-state index contributed by atoms with van der Waals surface area (Å²) in [6.45, 7) is 2.10. The van der Waals surface area contributed by atoms with E-state index in [1.165, 1.54) is 7.11 Å². The van der Waals surface area contributed by atoms with Gasteiger partial charge in [0.25, 0.3) is 0 Å². The van der Waals surface area contributed by atoms with Crippen LogP contribution >= 0.6 is 0 Å². The molecular weight excluding hydrogens is 244 g/mol. The molecule has 0 radical (unpaired) electrons. The van der Waals surface area contributed by atoms with Crippen molar-refractivity contribution in [2.45, 2.75) is 18.9 Å². The van der Waals surface area contributed by atoms with E-state index in [1.54, 1.807) is 14.0 Å². The summed E-state index contributed by atoms with van der Waals surface area (Å²) in [5.74, 6) is -0.849. The second-order valence-electron chi connectivity index (χ2n) is 4.23. The first-order valence-electron chi connectivity index (χ1n) is 6.18. The fourth-order valence-corrected chi connectivity index (χ4v) is 1.77. The van der Waals surface area contributed by atoms with Crippen molar-refractivity contribution >= 4 is 11.9 Å². The Balaban J connectivity index is 2.72. The van der Waals surface area contributed by atoms with Crippen LogP contribution in [0.15, 0.2) is 30.3 Å². The lowest BCUT2D eigenvalue weighted by molar-refractivity contribution is -0.142. The number of rotatable bonds is 6. The summed E-state index contributed by atoms with van der Waals surface area (Å²) >= 11 is 0. The smallest absolute Gasteiger partial charge is 0.314 e. The monoisotopic (exact) mass is 264 g/mol. The van der Waals surface area contributed by atoms with Gasteiger partial charge in [0.05, 0.1) is 19.1 Å². The summed E-state index contributed by atoms with van der Waals surface area (Å²) < 4.78 is 4.81. The maximum Gasteiger partial charge on any atom is 0.314 e. The summed E-state index contributed by atoms with van der Waals surface area (Å²) in [5.41, 5.74) is 0.867. The van der Waals surface area contributed by atoms with E-state index in [4.69, 9.17) is 4.74 Å². The van der Waals surface area contributed by atoms with Crippen LogP contribution in [-0.4, -0.2) is 38.6 Å². The maximum absolute atomic E-state index is 11.8. The molecule has 0 heterocycles. The topological polar surface area (TPSA) is 67.4 Å². The van der Waals surface area contributed by atoms with Crippen molar-refractivity contribution in [3.8, 4) is 0 Å². The fourth-order valence-electron chi connectivity index (χ4n) is 1.77. The lowest BCUT2D eigenvalue weighted by atomic mass is 9.99. The quantitative estimate of drug-likeness (QED) is 0.741. The summed E-state index contributed by atoms with van der Waals surface area (Å²) in [5, 5.41) is 5.59. The number of nitrogens with one attached hydrogen (secondary N) is 2. The van der Waals surface area contributed by atoms with Crippen LogP contribution in [0.1, 0.15) is 18.4 Å². The molecular formula is C14H20N2O3. The molecule has 19 heavy (non-hydrogen) atoms. The normalized spacial score (nSPS) is 13.4. The van der Waals surface area contributed by atoms with Crippen LogP contribution in [0.25, 0.3) is 0 Å². The molecule has 1 rings (SSSR count). The Bertz CT molecular complexity index is 420. The van der Waals surface area contributed by atoms with Gasteiger partial charge in [0, 0.05) is 13.6 Å². The molecule has 5 nitrogen and oxygen atoms in total. The lowest BCUT2D eigenvalue weighted by Gasteiger charge is -2.18. The highest BCUT2D eigenvalue weighted by Crippen LogP contribution is 2.16. The highest BCUT2D eigenvalue weighted by atomic mass is 16.5. The Labute approximate surface area is 113 Å². The number of methoxy groups -OCH3 is 1. The van der Waals surface area contributed by atoms with E-state index >= 15 is 0 Å². The van der Waals surface area contributed by atoms with E-state index in [2.05, 4.69) is 10.6 Å². The van der Waals surface area contributed by atoms with Crippen molar-refractivity contribution in [3.05, 3.63) is 35.9 Å². The number of ether oxygens (including phenoxy) is 1. The molecule has 0 spiro atoms. The van der Waals surface area contributed by atoms with Crippen molar-refractivity contribution in [2.24, 2.45) is 0 Å². The minimum Gasteiger partial charge on any atom is -0.469 e. The number of benzene rings is 1. The van der Waals surface area contributed by atoms with E-state index in [1.807, 2.05) is 30.3 Å². The first kappa shape index (κ1) is 15.2. The lowest BCUT2D eigenvalue weighted by Crippen LogP contribution is -2.43. The SMILES string of the molecule is CNC(=O)C(C)NCC(C(=O)OC)c1ccccc1. The molecule has 0 saturated heterocycles. The maximum atomic E-state index is 11.8. The molecule has 2 unspecified atom stereocenters. The average molecular weight is 264 g/mol. The first-order chi connectivity index (χ1) is 9.10. The third-order valence-electron chi connectivity index (χ3n) is 2.96. The molecule has 104 valence electrons. The molecule has 0 saturated carbocycles. The third kappa shape index (κ3) is 4.37. The van der Waals surface area contributed by atoms with Gasteiger partial charge in [-0.25, -0.2) is 0 Å². The number of esters is 1. The molecule has 5 heteroatoms. The van der Waals surface area contributed by atoms with E-state index in [9.17, 15) is 9.59 Å². The Hall–Kier alpha value is -1.88. The van der Waals surface area contributed by atoms with Crippen LogP contribution < -0.4 is 10.6 Å². The Morgan fingerprint density at radius 2 is 1.89 bits per heavy atom. The van der Waals surface area contributed by atoms with Gasteiger partial charge < -0.3 is 15.4 Å². The minimum absolute atomic E-state index is 0.114. The molecule has 0 aliphatic heterocycles. The fraction of sp³-hybridized carbons (Fsp3) is 0.429. The zero-order chi connectivity index (χ0) is 14.3. The van der Waals surface area contributed by atoms with E-state index in [0.29, 0.717) is 6.54 Å². The molecule has 2 atom stereocenters. The van der Waals surface area contributed by atoms with Gasteiger partial charge in [0.1, 0.15) is 0 Å². The zero-order valence-corrected chi connectivity index (χ0v) is 11.5. The van der Waals surface area contributed by atoms with Crippen LogP contribution in [-0.2, 0) is 14.3 Å². The molecule has 0 fully saturated rings. The molecule has 0 aliphatic rings. The number of carbonyl (C=O) groups is 2. The van der Waals surface area contributed by atoms with Crippen molar-refractivity contribution in [3.63, 3.8) is 0 Å². The molecule has 0 aromatic heterocycles. The van der Waals surface area contributed by atoms with Crippen molar-refractivity contribution < 1.29 is 14.3 Å².